The highest BCUT2D eigenvalue weighted by Gasteiger charge is 2.14. The standard InChI is InChI=1S/C16H16N4/c1-11(2)10-19-14-6-4-3-5-12(14)13-7-8-20-15(16(13)19)9-17-18-20/h3-9,11H,10H2,1-2H3. The fourth-order valence-corrected chi connectivity index (χ4v) is 3.00. The van der Waals surface area contributed by atoms with E-state index in [2.05, 4.69) is 59.1 Å². The van der Waals surface area contributed by atoms with Gasteiger partial charge < -0.3 is 4.57 Å². The Balaban J connectivity index is 2.25. The molecule has 4 aromatic rings. The van der Waals surface area contributed by atoms with Crippen molar-refractivity contribution >= 4 is 27.3 Å². The second-order valence-corrected chi connectivity index (χ2v) is 5.66. The SMILES string of the molecule is CC(C)Cn1c2ccccc2c2ccn3nncc3c21. The lowest BCUT2D eigenvalue weighted by atomic mass is 10.2. The zero-order valence-corrected chi connectivity index (χ0v) is 11.6. The van der Waals surface area contributed by atoms with Gasteiger partial charge in [-0.1, -0.05) is 37.3 Å². The fourth-order valence-electron chi connectivity index (χ4n) is 3.00. The number of nitrogens with zero attached hydrogens (tertiary/aromatic N) is 4. The minimum Gasteiger partial charge on any atom is -0.338 e. The topological polar surface area (TPSA) is 35.1 Å². The number of benzene rings is 1. The number of para-hydroxylation sites is 1. The van der Waals surface area contributed by atoms with E-state index in [4.69, 9.17) is 0 Å². The van der Waals surface area contributed by atoms with E-state index >= 15 is 0 Å². The third kappa shape index (κ3) is 1.48. The molecule has 3 aromatic heterocycles. The van der Waals surface area contributed by atoms with Crippen LogP contribution >= 0.6 is 0 Å². The maximum Gasteiger partial charge on any atom is 0.111 e. The van der Waals surface area contributed by atoms with E-state index in [1.807, 2.05) is 16.9 Å². The molecule has 0 spiro atoms. The summed E-state index contributed by atoms with van der Waals surface area (Å²) in [4.78, 5) is 0. The molecule has 20 heavy (non-hydrogen) atoms. The molecule has 4 nitrogen and oxygen atoms in total. The third-order valence-corrected chi connectivity index (χ3v) is 3.76. The molecule has 0 bridgehead atoms. The second kappa shape index (κ2) is 4.07. The van der Waals surface area contributed by atoms with Crippen LogP contribution in [0.15, 0.2) is 42.7 Å². The summed E-state index contributed by atoms with van der Waals surface area (Å²) < 4.78 is 4.24. The fraction of sp³-hybridized carbons (Fsp3) is 0.250. The smallest absolute Gasteiger partial charge is 0.111 e. The summed E-state index contributed by atoms with van der Waals surface area (Å²) in [6, 6.07) is 10.7. The van der Waals surface area contributed by atoms with Gasteiger partial charge in [-0.05, 0) is 18.1 Å². The van der Waals surface area contributed by atoms with E-state index in [0.29, 0.717) is 5.92 Å². The molecule has 0 unspecified atom stereocenters. The minimum absolute atomic E-state index is 0.588. The van der Waals surface area contributed by atoms with Crippen LogP contribution in [-0.2, 0) is 6.54 Å². The van der Waals surface area contributed by atoms with Gasteiger partial charge in [-0.15, -0.1) is 5.10 Å². The molecule has 4 rings (SSSR count). The lowest BCUT2D eigenvalue weighted by molar-refractivity contribution is 0.546. The summed E-state index contributed by atoms with van der Waals surface area (Å²) in [5, 5.41) is 10.7. The Morgan fingerprint density at radius 2 is 1.90 bits per heavy atom. The molecule has 0 fully saturated rings. The van der Waals surface area contributed by atoms with Crippen molar-refractivity contribution in [1.29, 1.82) is 0 Å². The van der Waals surface area contributed by atoms with Crippen LogP contribution in [0.2, 0.25) is 0 Å². The van der Waals surface area contributed by atoms with Gasteiger partial charge in [-0.25, -0.2) is 4.52 Å². The van der Waals surface area contributed by atoms with Gasteiger partial charge >= 0.3 is 0 Å². The summed E-state index contributed by atoms with van der Waals surface area (Å²) in [5.41, 5.74) is 3.58. The van der Waals surface area contributed by atoms with E-state index in [0.717, 1.165) is 12.1 Å². The van der Waals surface area contributed by atoms with Crippen LogP contribution in [0.5, 0.6) is 0 Å². The van der Waals surface area contributed by atoms with Crippen molar-refractivity contribution < 1.29 is 0 Å². The maximum atomic E-state index is 4.11. The molecule has 0 aliphatic carbocycles. The lowest BCUT2D eigenvalue weighted by Gasteiger charge is -2.10. The van der Waals surface area contributed by atoms with E-state index in [1.54, 1.807) is 0 Å². The Hall–Kier alpha value is -2.36. The summed E-state index contributed by atoms with van der Waals surface area (Å²) in [6.07, 6.45) is 3.83. The van der Waals surface area contributed by atoms with E-state index in [9.17, 15) is 0 Å². The van der Waals surface area contributed by atoms with E-state index < -0.39 is 0 Å². The highest BCUT2D eigenvalue weighted by Crippen LogP contribution is 2.31. The van der Waals surface area contributed by atoms with Crippen molar-refractivity contribution in [3.05, 3.63) is 42.7 Å². The van der Waals surface area contributed by atoms with Crippen LogP contribution < -0.4 is 0 Å². The van der Waals surface area contributed by atoms with Gasteiger partial charge in [0, 0.05) is 29.0 Å². The summed E-state index contributed by atoms with van der Waals surface area (Å²) in [5.74, 6) is 0.588. The van der Waals surface area contributed by atoms with Crippen molar-refractivity contribution in [2.24, 2.45) is 5.92 Å². The highest BCUT2D eigenvalue weighted by molar-refractivity contribution is 6.12. The van der Waals surface area contributed by atoms with Crippen LogP contribution in [0.3, 0.4) is 0 Å². The molecule has 0 saturated carbocycles. The molecule has 0 aliphatic rings. The Morgan fingerprint density at radius 1 is 1.05 bits per heavy atom. The molecule has 4 heteroatoms. The van der Waals surface area contributed by atoms with Crippen molar-refractivity contribution in [2.45, 2.75) is 20.4 Å². The Labute approximate surface area is 116 Å². The van der Waals surface area contributed by atoms with Crippen LogP contribution in [-0.4, -0.2) is 19.4 Å². The quantitative estimate of drug-likeness (QED) is 0.555. The normalized spacial score (nSPS) is 12.2. The summed E-state index contributed by atoms with van der Waals surface area (Å²) >= 11 is 0. The number of aromatic nitrogens is 4. The molecule has 0 saturated heterocycles. The number of fused-ring (bicyclic) bond motifs is 5. The van der Waals surface area contributed by atoms with Gasteiger partial charge in [0.05, 0.1) is 11.7 Å². The first-order valence-corrected chi connectivity index (χ1v) is 6.95. The van der Waals surface area contributed by atoms with E-state index in [-0.39, 0.29) is 0 Å². The lowest BCUT2D eigenvalue weighted by Crippen LogP contribution is -2.04. The molecule has 100 valence electrons. The number of hydrogen-bond donors (Lipinski definition) is 0. The van der Waals surface area contributed by atoms with Crippen LogP contribution in [0.4, 0.5) is 0 Å². The molecule has 0 amide bonds. The van der Waals surface area contributed by atoms with Gasteiger partial charge in [0.2, 0.25) is 0 Å². The molecule has 0 atom stereocenters. The van der Waals surface area contributed by atoms with Gasteiger partial charge in [-0.3, -0.25) is 0 Å². The first kappa shape index (κ1) is 11.5. The average molecular weight is 264 g/mol. The molecule has 0 N–H and O–H groups in total. The maximum absolute atomic E-state index is 4.11. The van der Waals surface area contributed by atoms with Gasteiger partial charge in [0.15, 0.2) is 0 Å². The molecular formula is C16H16N4. The molecule has 0 aliphatic heterocycles. The molecule has 0 radical (unpaired) electrons. The van der Waals surface area contributed by atoms with Crippen LogP contribution in [0.25, 0.3) is 27.3 Å². The number of hydrogen-bond acceptors (Lipinski definition) is 2. The first-order valence-electron chi connectivity index (χ1n) is 6.95. The van der Waals surface area contributed by atoms with Gasteiger partial charge in [-0.2, -0.15) is 0 Å². The predicted octanol–water partition coefficient (Wildman–Crippen LogP) is 3.49. The van der Waals surface area contributed by atoms with Gasteiger partial charge in [0.1, 0.15) is 5.52 Å². The van der Waals surface area contributed by atoms with Crippen molar-refractivity contribution in [3.63, 3.8) is 0 Å². The molecule has 1 aromatic carbocycles. The average Bonchev–Trinajstić information content (AvgIpc) is 3.02. The van der Waals surface area contributed by atoms with E-state index in [1.165, 1.54) is 21.8 Å². The zero-order valence-electron chi connectivity index (χ0n) is 11.6. The predicted molar refractivity (Wildman–Crippen MR) is 80.8 cm³/mol. The largest absolute Gasteiger partial charge is 0.338 e. The van der Waals surface area contributed by atoms with Gasteiger partial charge in [0.25, 0.3) is 0 Å². The number of pyridine rings is 1. The van der Waals surface area contributed by atoms with Crippen molar-refractivity contribution in [3.8, 4) is 0 Å². The van der Waals surface area contributed by atoms with Crippen molar-refractivity contribution in [1.82, 2.24) is 19.4 Å². The van der Waals surface area contributed by atoms with Crippen LogP contribution in [0, 0.1) is 5.92 Å². The Kier molecular flexibility index (Phi) is 2.33. The molecule has 3 heterocycles. The Morgan fingerprint density at radius 3 is 2.75 bits per heavy atom. The highest BCUT2D eigenvalue weighted by atomic mass is 15.4. The minimum atomic E-state index is 0.588. The van der Waals surface area contributed by atoms with Crippen molar-refractivity contribution in [2.75, 3.05) is 0 Å². The monoisotopic (exact) mass is 264 g/mol. The molecular weight excluding hydrogens is 248 g/mol. The number of rotatable bonds is 2. The zero-order chi connectivity index (χ0) is 13.7. The second-order valence-electron chi connectivity index (χ2n) is 5.66. The first-order chi connectivity index (χ1) is 9.75. The summed E-state index contributed by atoms with van der Waals surface area (Å²) in [6.45, 7) is 5.49. The Bertz CT molecular complexity index is 914. The summed E-state index contributed by atoms with van der Waals surface area (Å²) in [7, 11) is 0. The van der Waals surface area contributed by atoms with Crippen LogP contribution in [0.1, 0.15) is 13.8 Å². The third-order valence-electron chi connectivity index (χ3n) is 3.76.